The Labute approximate surface area is 104 Å². The number of nitrogens with zero attached hydrogens (tertiary/aromatic N) is 1. The predicted molar refractivity (Wildman–Crippen MR) is 67.2 cm³/mol. The van der Waals surface area contributed by atoms with E-state index >= 15 is 0 Å². The van der Waals surface area contributed by atoms with Crippen LogP contribution in [0, 0.1) is 5.82 Å². The third-order valence-corrected chi connectivity index (χ3v) is 3.64. The molecule has 1 heterocycles. The maximum Gasteiger partial charge on any atom is 0.165 e. The Kier molecular flexibility index (Phi) is 3.81. The quantitative estimate of drug-likeness (QED) is 0.821. The minimum absolute atomic E-state index is 0.148. The number of imidazole rings is 1. The van der Waals surface area contributed by atoms with E-state index in [1.165, 1.54) is 12.1 Å². The predicted octanol–water partition coefficient (Wildman–Crippen LogP) is 2.73. The highest BCUT2D eigenvalue weighted by Gasteiger charge is 2.17. The van der Waals surface area contributed by atoms with Crippen molar-refractivity contribution in [2.45, 2.75) is 23.4 Å². The summed E-state index contributed by atoms with van der Waals surface area (Å²) in [5.74, 6) is -0.243. The standard InChI is InChI=1S/C12H14FN3S/c1-8(17-12-15-6-7-16-12)11(14)9-2-4-10(13)5-3-9/h2-8,11H,14H2,1H3,(H,15,16). The van der Waals surface area contributed by atoms with Gasteiger partial charge in [0.1, 0.15) is 5.82 Å². The Bertz CT molecular complexity index is 455. The molecule has 0 radical (unpaired) electrons. The maximum atomic E-state index is 12.8. The molecule has 0 spiro atoms. The minimum atomic E-state index is -0.243. The highest BCUT2D eigenvalue weighted by Crippen LogP contribution is 2.28. The molecular weight excluding hydrogens is 237 g/mol. The van der Waals surface area contributed by atoms with Gasteiger partial charge >= 0.3 is 0 Å². The number of H-pyrrole nitrogens is 1. The molecule has 0 amide bonds. The molecule has 0 aliphatic heterocycles. The van der Waals surface area contributed by atoms with Crippen LogP contribution in [0.2, 0.25) is 0 Å². The summed E-state index contributed by atoms with van der Waals surface area (Å²) in [6.45, 7) is 2.03. The number of aromatic nitrogens is 2. The molecule has 0 aliphatic carbocycles. The number of hydrogen-bond acceptors (Lipinski definition) is 3. The first-order chi connectivity index (χ1) is 8.16. The van der Waals surface area contributed by atoms with Crippen LogP contribution < -0.4 is 5.73 Å². The summed E-state index contributed by atoms with van der Waals surface area (Å²) in [4.78, 5) is 7.16. The molecule has 1 aromatic heterocycles. The first-order valence-electron chi connectivity index (χ1n) is 5.34. The Hall–Kier alpha value is -1.33. The van der Waals surface area contributed by atoms with E-state index < -0.39 is 0 Å². The average molecular weight is 251 g/mol. The Balaban J connectivity index is 2.04. The summed E-state index contributed by atoms with van der Waals surface area (Å²) in [6, 6.07) is 6.16. The van der Waals surface area contributed by atoms with Crippen molar-refractivity contribution in [3.63, 3.8) is 0 Å². The van der Waals surface area contributed by atoms with Gasteiger partial charge in [-0.2, -0.15) is 0 Å². The second-order valence-corrected chi connectivity index (χ2v) is 5.16. The number of rotatable bonds is 4. The highest BCUT2D eigenvalue weighted by atomic mass is 32.2. The van der Waals surface area contributed by atoms with Crippen LogP contribution in [0.25, 0.3) is 0 Å². The lowest BCUT2D eigenvalue weighted by molar-refractivity contribution is 0.624. The van der Waals surface area contributed by atoms with Crippen LogP contribution in [0.3, 0.4) is 0 Å². The van der Waals surface area contributed by atoms with Crippen molar-refractivity contribution < 1.29 is 4.39 Å². The molecule has 2 rings (SSSR count). The van der Waals surface area contributed by atoms with Crippen molar-refractivity contribution in [1.29, 1.82) is 0 Å². The summed E-state index contributed by atoms with van der Waals surface area (Å²) < 4.78 is 12.8. The van der Waals surface area contributed by atoms with Crippen LogP contribution in [0.1, 0.15) is 18.5 Å². The molecular formula is C12H14FN3S. The minimum Gasteiger partial charge on any atom is -0.340 e. The Morgan fingerprint density at radius 1 is 1.35 bits per heavy atom. The van der Waals surface area contributed by atoms with E-state index in [0.717, 1.165) is 10.7 Å². The zero-order chi connectivity index (χ0) is 12.3. The average Bonchev–Trinajstić information content (AvgIpc) is 2.82. The van der Waals surface area contributed by atoms with Crippen molar-refractivity contribution in [3.8, 4) is 0 Å². The molecule has 17 heavy (non-hydrogen) atoms. The van der Waals surface area contributed by atoms with Crippen LogP contribution in [-0.2, 0) is 0 Å². The number of benzene rings is 1. The van der Waals surface area contributed by atoms with E-state index in [0.29, 0.717) is 0 Å². The van der Waals surface area contributed by atoms with E-state index in [2.05, 4.69) is 9.97 Å². The van der Waals surface area contributed by atoms with Crippen molar-refractivity contribution in [1.82, 2.24) is 9.97 Å². The SMILES string of the molecule is CC(Sc1ncc[nH]1)C(N)c1ccc(F)cc1. The van der Waals surface area contributed by atoms with Gasteiger partial charge < -0.3 is 10.7 Å². The molecule has 0 saturated heterocycles. The third kappa shape index (κ3) is 3.08. The molecule has 0 aliphatic rings. The lowest BCUT2D eigenvalue weighted by Crippen LogP contribution is -2.21. The third-order valence-electron chi connectivity index (χ3n) is 2.53. The van der Waals surface area contributed by atoms with Crippen LogP contribution in [0.4, 0.5) is 4.39 Å². The van der Waals surface area contributed by atoms with Gasteiger partial charge in [0, 0.05) is 23.7 Å². The zero-order valence-corrected chi connectivity index (χ0v) is 10.2. The second kappa shape index (κ2) is 5.33. The van der Waals surface area contributed by atoms with Gasteiger partial charge in [0.2, 0.25) is 0 Å². The van der Waals surface area contributed by atoms with E-state index in [1.54, 1.807) is 36.3 Å². The fourth-order valence-electron chi connectivity index (χ4n) is 1.52. The molecule has 2 atom stereocenters. The van der Waals surface area contributed by atoms with E-state index in [4.69, 9.17) is 5.73 Å². The Morgan fingerprint density at radius 3 is 2.65 bits per heavy atom. The number of nitrogens with one attached hydrogen (secondary N) is 1. The van der Waals surface area contributed by atoms with Gasteiger partial charge in [0.05, 0.1) is 0 Å². The highest BCUT2D eigenvalue weighted by molar-refractivity contribution is 7.99. The van der Waals surface area contributed by atoms with Crippen molar-refractivity contribution >= 4 is 11.8 Å². The maximum absolute atomic E-state index is 12.8. The van der Waals surface area contributed by atoms with Crippen LogP contribution >= 0.6 is 11.8 Å². The summed E-state index contributed by atoms with van der Waals surface area (Å²) in [7, 11) is 0. The summed E-state index contributed by atoms with van der Waals surface area (Å²) in [5, 5.41) is 1.00. The molecule has 3 N–H and O–H groups in total. The van der Waals surface area contributed by atoms with Crippen molar-refractivity contribution in [2.24, 2.45) is 5.73 Å². The lowest BCUT2D eigenvalue weighted by Gasteiger charge is -2.18. The number of thioether (sulfide) groups is 1. The smallest absolute Gasteiger partial charge is 0.165 e. The topological polar surface area (TPSA) is 54.7 Å². The summed E-state index contributed by atoms with van der Waals surface area (Å²) in [6.07, 6.45) is 3.48. The number of aromatic amines is 1. The fraction of sp³-hybridized carbons (Fsp3) is 0.250. The van der Waals surface area contributed by atoms with Gasteiger partial charge in [0.25, 0.3) is 0 Å². The molecule has 2 aromatic rings. The van der Waals surface area contributed by atoms with Gasteiger partial charge in [-0.05, 0) is 17.7 Å². The van der Waals surface area contributed by atoms with Gasteiger partial charge in [0.15, 0.2) is 5.16 Å². The van der Waals surface area contributed by atoms with Gasteiger partial charge in [-0.15, -0.1) is 0 Å². The Morgan fingerprint density at radius 2 is 2.06 bits per heavy atom. The van der Waals surface area contributed by atoms with E-state index in [-0.39, 0.29) is 17.1 Å². The molecule has 5 heteroatoms. The van der Waals surface area contributed by atoms with Crippen LogP contribution in [0.15, 0.2) is 41.8 Å². The number of hydrogen-bond donors (Lipinski definition) is 2. The number of halogens is 1. The van der Waals surface area contributed by atoms with Crippen molar-refractivity contribution in [3.05, 3.63) is 48.0 Å². The fourth-order valence-corrected chi connectivity index (χ4v) is 2.43. The normalized spacial score (nSPS) is 14.5. The van der Waals surface area contributed by atoms with E-state index in [1.807, 2.05) is 6.92 Å². The molecule has 3 nitrogen and oxygen atoms in total. The largest absolute Gasteiger partial charge is 0.340 e. The zero-order valence-electron chi connectivity index (χ0n) is 9.43. The van der Waals surface area contributed by atoms with E-state index in [9.17, 15) is 4.39 Å². The first-order valence-corrected chi connectivity index (χ1v) is 6.22. The molecule has 0 saturated carbocycles. The summed E-state index contributed by atoms with van der Waals surface area (Å²) in [5.41, 5.74) is 7.05. The molecule has 0 bridgehead atoms. The number of nitrogens with two attached hydrogens (primary N) is 1. The van der Waals surface area contributed by atoms with Crippen LogP contribution in [-0.4, -0.2) is 15.2 Å². The van der Waals surface area contributed by atoms with Crippen molar-refractivity contribution in [2.75, 3.05) is 0 Å². The molecule has 1 aromatic carbocycles. The van der Waals surface area contributed by atoms with Crippen LogP contribution in [0.5, 0.6) is 0 Å². The molecule has 90 valence electrons. The molecule has 0 fully saturated rings. The van der Waals surface area contributed by atoms with Gasteiger partial charge in [-0.3, -0.25) is 0 Å². The van der Waals surface area contributed by atoms with Gasteiger partial charge in [-0.25, -0.2) is 9.37 Å². The lowest BCUT2D eigenvalue weighted by atomic mass is 10.1. The monoisotopic (exact) mass is 251 g/mol. The molecule has 2 unspecified atom stereocenters. The van der Waals surface area contributed by atoms with Gasteiger partial charge in [-0.1, -0.05) is 30.8 Å². The first kappa shape index (κ1) is 12.1. The summed E-state index contributed by atoms with van der Waals surface area (Å²) >= 11 is 1.57. The second-order valence-electron chi connectivity index (χ2n) is 3.79.